The molecule has 3 rings (SSSR count). The molecule has 3 aromatic rings. The zero-order valence-corrected chi connectivity index (χ0v) is 13.6. The average molecular weight is 322 g/mol. The summed E-state index contributed by atoms with van der Waals surface area (Å²) >= 11 is 0. The van der Waals surface area contributed by atoms with E-state index in [0.717, 1.165) is 28.3 Å². The SMILES string of the molecule is Cc1cc(C)n(-c2ccc(NCc3ccc([N+](=O)[O-])cc3)cc2)n1. The van der Waals surface area contributed by atoms with E-state index in [9.17, 15) is 10.1 Å². The van der Waals surface area contributed by atoms with Crippen LogP contribution in [0.1, 0.15) is 17.0 Å². The molecule has 1 aromatic heterocycles. The number of anilines is 1. The van der Waals surface area contributed by atoms with Crippen molar-refractivity contribution in [3.8, 4) is 5.69 Å². The summed E-state index contributed by atoms with van der Waals surface area (Å²) < 4.78 is 1.91. The van der Waals surface area contributed by atoms with Crippen LogP contribution in [0.15, 0.2) is 54.6 Å². The Balaban J connectivity index is 1.66. The van der Waals surface area contributed by atoms with Gasteiger partial charge in [0.25, 0.3) is 5.69 Å². The number of nitrogens with one attached hydrogen (secondary N) is 1. The van der Waals surface area contributed by atoms with Crippen LogP contribution in [0.3, 0.4) is 0 Å². The topological polar surface area (TPSA) is 73.0 Å². The molecule has 6 nitrogen and oxygen atoms in total. The Morgan fingerprint density at radius 3 is 2.29 bits per heavy atom. The van der Waals surface area contributed by atoms with Gasteiger partial charge in [-0.05, 0) is 49.7 Å². The summed E-state index contributed by atoms with van der Waals surface area (Å²) in [4.78, 5) is 10.3. The molecule has 0 fully saturated rings. The fourth-order valence-electron chi connectivity index (χ4n) is 2.55. The number of nitro benzene ring substituents is 1. The molecule has 6 heteroatoms. The Kier molecular flexibility index (Phi) is 4.29. The van der Waals surface area contributed by atoms with E-state index in [0.29, 0.717) is 6.54 Å². The van der Waals surface area contributed by atoms with Crippen LogP contribution in [0, 0.1) is 24.0 Å². The number of aromatic nitrogens is 2. The molecule has 0 bridgehead atoms. The zero-order chi connectivity index (χ0) is 17.1. The van der Waals surface area contributed by atoms with Gasteiger partial charge in [-0.25, -0.2) is 4.68 Å². The summed E-state index contributed by atoms with van der Waals surface area (Å²) in [6.45, 7) is 4.61. The lowest BCUT2D eigenvalue weighted by atomic mass is 10.2. The van der Waals surface area contributed by atoms with E-state index in [-0.39, 0.29) is 5.69 Å². The molecule has 0 spiro atoms. The summed E-state index contributed by atoms with van der Waals surface area (Å²) in [6, 6.07) is 16.6. The van der Waals surface area contributed by atoms with Crippen molar-refractivity contribution in [2.24, 2.45) is 0 Å². The van der Waals surface area contributed by atoms with Crippen molar-refractivity contribution >= 4 is 11.4 Å². The molecule has 1 heterocycles. The van der Waals surface area contributed by atoms with Crippen LogP contribution >= 0.6 is 0 Å². The van der Waals surface area contributed by atoms with Gasteiger partial charge in [-0.1, -0.05) is 12.1 Å². The highest BCUT2D eigenvalue weighted by Gasteiger charge is 2.05. The highest BCUT2D eigenvalue weighted by Crippen LogP contribution is 2.17. The quantitative estimate of drug-likeness (QED) is 0.569. The van der Waals surface area contributed by atoms with Gasteiger partial charge in [0.1, 0.15) is 0 Å². The predicted octanol–water partition coefficient (Wildman–Crippen LogP) is 4.01. The van der Waals surface area contributed by atoms with E-state index in [1.165, 1.54) is 12.1 Å². The fourth-order valence-corrected chi connectivity index (χ4v) is 2.55. The van der Waals surface area contributed by atoms with E-state index in [4.69, 9.17) is 0 Å². The summed E-state index contributed by atoms with van der Waals surface area (Å²) in [6.07, 6.45) is 0. The third-order valence-corrected chi connectivity index (χ3v) is 3.77. The first-order valence-corrected chi connectivity index (χ1v) is 7.64. The second kappa shape index (κ2) is 6.54. The first-order valence-electron chi connectivity index (χ1n) is 7.64. The lowest BCUT2D eigenvalue weighted by molar-refractivity contribution is -0.384. The third kappa shape index (κ3) is 3.43. The largest absolute Gasteiger partial charge is 0.381 e. The smallest absolute Gasteiger partial charge is 0.269 e. The van der Waals surface area contributed by atoms with Crippen LogP contribution in [0.5, 0.6) is 0 Å². The number of aryl methyl sites for hydroxylation is 2. The van der Waals surface area contributed by atoms with E-state index in [1.54, 1.807) is 12.1 Å². The van der Waals surface area contributed by atoms with Gasteiger partial charge in [-0.3, -0.25) is 10.1 Å². The van der Waals surface area contributed by atoms with Gasteiger partial charge in [-0.2, -0.15) is 5.10 Å². The van der Waals surface area contributed by atoms with Crippen molar-refractivity contribution in [1.82, 2.24) is 9.78 Å². The number of hydrogen-bond donors (Lipinski definition) is 1. The van der Waals surface area contributed by atoms with Gasteiger partial charge in [0.05, 0.1) is 16.3 Å². The number of nitrogens with zero attached hydrogens (tertiary/aromatic N) is 3. The van der Waals surface area contributed by atoms with Crippen molar-refractivity contribution in [1.29, 1.82) is 0 Å². The molecule has 0 aliphatic rings. The van der Waals surface area contributed by atoms with Gasteiger partial charge < -0.3 is 5.32 Å². The number of rotatable bonds is 5. The van der Waals surface area contributed by atoms with Gasteiger partial charge in [0.2, 0.25) is 0 Å². The van der Waals surface area contributed by atoms with E-state index in [2.05, 4.69) is 10.4 Å². The monoisotopic (exact) mass is 322 g/mol. The lowest BCUT2D eigenvalue weighted by Gasteiger charge is -2.09. The molecule has 2 aromatic carbocycles. The van der Waals surface area contributed by atoms with Crippen LogP contribution in [0.4, 0.5) is 11.4 Å². The minimum absolute atomic E-state index is 0.105. The Bertz CT molecular complexity index is 852. The maximum Gasteiger partial charge on any atom is 0.269 e. The first-order chi connectivity index (χ1) is 11.5. The van der Waals surface area contributed by atoms with Gasteiger partial charge in [0, 0.05) is 30.1 Å². The van der Waals surface area contributed by atoms with Crippen LogP contribution in [0.25, 0.3) is 5.69 Å². The zero-order valence-electron chi connectivity index (χ0n) is 13.6. The Morgan fingerprint density at radius 1 is 1.08 bits per heavy atom. The van der Waals surface area contributed by atoms with Gasteiger partial charge >= 0.3 is 0 Å². The van der Waals surface area contributed by atoms with E-state index in [1.807, 2.05) is 48.9 Å². The second-order valence-electron chi connectivity index (χ2n) is 5.66. The summed E-state index contributed by atoms with van der Waals surface area (Å²) in [7, 11) is 0. The van der Waals surface area contributed by atoms with Gasteiger partial charge in [0.15, 0.2) is 0 Å². The molecular weight excluding hydrogens is 304 g/mol. The molecule has 1 N–H and O–H groups in total. The van der Waals surface area contributed by atoms with Crippen LogP contribution < -0.4 is 5.32 Å². The maximum absolute atomic E-state index is 10.6. The molecule has 0 amide bonds. The van der Waals surface area contributed by atoms with E-state index < -0.39 is 4.92 Å². The lowest BCUT2D eigenvalue weighted by Crippen LogP contribution is -2.01. The average Bonchev–Trinajstić information content (AvgIpc) is 2.92. The van der Waals surface area contributed by atoms with Crippen LogP contribution in [0.2, 0.25) is 0 Å². The van der Waals surface area contributed by atoms with Crippen molar-refractivity contribution in [2.45, 2.75) is 20.4 Å². The molecule has 0 saturated carbocycles. The highest BCUT2D eigenvalue weighted by atomic mass is 16.6. The molecule has 0 atom stereocenters. The number of non-ortho nitro benzene ring substituents is 1. The number of benzene rings is 2. The molecule has 122 valence electrons. The standard InChI is InChI=1S/C18H18N4O2/c1-13-11-14(2)21(20-13)17-9-5-16(6-10-17)19-12-15-3-7-18(8-4-15)22(23)24/h3-11,19H,12H2,1-2H3. The normalized spacial score (nSPS) is 10.6. The van der Waals surface area contributed by atoms with Crippen molar-refractivity contribution in [3.05, 3.63) is 81.7 Å². The first kappa shape index (κ1) is 15.7. The maximum atomic E-state index is 10.6. The minimum Gasteiger partial charge on any atom is -0.381 e. The Labute approximate surface area is 139 Å². The third-order valence-electron chi connectivity index (χ3n) is 3.77. The molecular formula is C18H18N4O2. The van der Waals surface area contributed by atoms with Crippen molar-refractivity contribution < 1.29 is 4.92 Å². The minimum atomic E-state index is -0.394. The Hall–Kier alpha value is -3.15. The Morgan fingerprint density at radius 2 is 1.75 bits per heavy atom. The van der Waals surface area contributed by atoms with Crippen LogP contribution in [-0.2, 0) is 6.54 Å². The summed E-state index contributed by atoms with van der Waals surface area (Å²) in [5.74, 6) is 0. The summed E-state index contributed by atoms with van der Waals surface area (Å²) in [5, 5.41) is 18.4. The molecule has 0 saturated heterocycles. The van der Waals surface area contributed by atoms with E-state index >= 15 is 0 Å². The second-order valence-corrected chi connectivity index (χ2v) is 5.66. The molecule has 0 aliphatic heterocycles. The van der Waals surface area contributed by atoms with Crippen molar-refractivity contribution in [3.63, 3.8) is 0 Å². The predicted molar refractivity (Wildman–Crippen MR) is 93.5 cm³/mol. The fraction of sp³-hybridized carbons (Fsp3) is 0.167. The molecule has 0 radical (unpaired) electrons. The molecule has 0 aliphatic carbocycles. The van der Waals surface area contributed by atoms with Gasteiger partial charge in [-0.15, -0.1) is 0 Å². The number of nitro groups is 1. The molecule has 0 unspecified atom stereocenters. The van der Waals surface area contributed by atoms with Crippen LogP contribution in [-0.4, -0.2) is 14.7 Å². The van der Waals surface area contributed by atoms with Crippen molar-refractivity contribution in [2.75, 3.05) is 5.32 Å². The molecule has 24 heavy (non-hydrogen) atoms. The number of hydrogen-bond acceptors (Lipinski definition) is 4. The summed E-state index contributed by atoms with van der Waals surface area (Å²) in [5.41, 5.74) is 5.18. The highest BCUT2D eigenvalue weighted by molar-refractivity contribution is 5.49.